The number of benzene rings is 1. The van der Waals surface area contributed by atoms with Crippen LogP contribution in [0.4, 0.5) is 0 Å². The Morgan fingerprint density at radius 2 is 2.44 bits per heavy atom. The van der Waals surface area contributed by atoms with E-state index in [1.54, 1.807) is 25.3 Å². The lowest BCUT2D eigenvalue weighted by Crippen LogP contribution is -1.79. The van der Waals surface area contributed by atoms with Gasteiger partial charge in [0.2, 0.25) is 0 Å². The highest BCUT2D eigenvalue weighted by Gasteiger charge is 1.89. The van der Waals surface area contributed by atoms with E-state index in [9.17, 15) is 0 Å². The molecule has 0 N–H and O–H groups in total. The van der Waals surface area contributed by atoms with Gasteiger partial charge in [-0.2, -0.15) is 0 Å². The van der Waals surface area contributed by atoms with E-state index in [2.05, 4.69) is 6.07 Å². The predicted molar refractivity (Wildman–Crippen MR) is 36.8 cm³/mol. The Labute approximate surface area is 59.2 Å². The van der Waals surface area contributed by atoms with Crippen LogP contribution in [0.15, 0.2) is 18.2 Å². The van der Waals surface area contributed by atoms with E-state index in [1.807, 2.05) is 0 Å². The molecule has 0 saturated carbocycles. The highest BCUT2D eigenvalue weighted by atomic mass is 35.5. The van der Waals surface area contributed by atoms with E-state index >= 15 is 0 Å². The van der Waals surface area contributed by atoms with Crippen molar-refractivity contribution in [2.75, 3.05) is 7.11 Å². The van der Waals surface area contributed by atoms with E-state index in [0.29, 0.717) is 5.02 Å². The molecule has 0 spiro atoms. The first kappa shape index (κ1) is 6.43. The Hall–Kier alpha value is -0.690. The van der Waals surface area contributed by atoms with Gasteiger partial charge in [0.1, 0.15) is 5.75 Å². The maximum atomic E-state index is 5.59. The summed E-state index contributed by atoms with van der Waals surface area (Å²) in [4.78, 5) is 0. The number of rotatable bonds is 1. The topological polar surface area (TPSA) is 9.23 Å². The van der Waals surface area contributed by atoms with Crippen molar-refractivity contribution in [3.63, 3.8) is 0 Å². The summed E-state index contributed by atoms with van der Waals surface area (Å²) >= 11 is 5.59. The normalized spacial score (nSPS) is 9.11. The Balaban J connectivity index is 2.94. The molecule has 1 radical (unpaired) electrons. The number of methoxy groups -OCH3 is 1. The van der Waals surface area contributed by atoms with Crippen molar-refractivity contribution in [3.8, 4) is 5.75 Å². The predicted octanol–water partition coefficient (Wildman–Crippen LogP) is 2.15. The maximum Gasteiger partial charge on any atom is 0.120 e. The Kier molecular flexibility index (Phi) is 1.96. The molecule has 0 unspecified atom stereocenters. The van der Waals surface area contributed by atoms with Crippen LogP contribution >= 0.6 is 11.6 Å². The van der Waals surface area contributed by atoms with E-state index < -0.39 is 0 Å². The Morgan fingerprint density at radius 3 is 2.89 bits per heavy atom. The molecule has 0 aliphatic carbocycles. The SMILES string of the molecule is COc1cc[c]c(Cl)c1. The lowest BCUT2D eigenvalue weighted by atomic mass is 10.3. The van der Waals surface area contributed by atoms with E-state index in [0.717, 1.165) is 5.75 Å². The summed E-state index contributed by atoms with van der Waals surface area (Å²) in [6, 6.07) is 8.02. The summed E-state index contributed by atoms with van der Waals surface area (Å²) in [6.45, 7) is 0. The van der Waals surface area contributed by atoms with Gasteiger partial charge in [0.25, 0.3) is 0 Å². The molecule has 1 rings (SSSR count). The van der Waals surface area contributed by atoms with Gasteiger partial charge >= 0.3 is 0 Å². The van der Waals surface area contributed by atoms with Crippen LogP contribution in [-0.4, -0.2) is 7.11 Å². The molecular weight excluding hydrogens is 136 g/mol. The average Bonchev–Trinajstić information content (AvgIpc) is 1.88. The highest BCUT2D eigenvalue weighted by molar-refractivity contribution is 6.30. The fourth-order valence-electron chi connectivity index (χ4n) is 0.545. The number of halogens is 1. The fourth-order valence-corrected chi connectivity index (χ4v) is 0.716. The first-order chi connectivity index (χ1) is 4.33. The lowest BCUT2D eigenvalue weighted by molar-refractivity contribution is 0.415. The van der Waals surface area contributed by atoms with Crippen LogP contribution in [0, 0.1) is 6.07 Å². The van der Waals surface area contributed by atoms with E-state index in [-0.39, 0.29) is 0 Å². The second-order valence-corrected chi connectivity index (χ2v) is 1.98. The average molecular weight is 142 g/mol. The zero-order valence-electron chi connectivity index (χ0n) is 5.02. The summed E-state index contributed by atoms with van der Waals surface area (Å²) in [5.74, 6) is 0.763. The van der Waals surface area contributed by atoms with Crippen molar-refractivity contribution in [2.45, 2.75) is 0 Å². The molecular formula is C7H6ClO. The molecule has 0 heterocycles. The van der Waals surface area contributed by atoms with Crippen molar-refractivity contribution in [1.29, 1.82) is 0 Å². The summed E-state index contributed by atoms with van der Waals surface area (Å²) in [5.41, 5.74) is 0. The third kappa shape index (κ3) is 1.61. The van der Waals surface area contributed by atoms with Crippen LogP contribution < -0.4 is 4.74 Å². The van der Waals surface area contributed by atoms with Gasteiger partial charge in [-0.25, -0.2) is 0 Å². The van der Waals surface area contributed by atoms with Gasteiger partial charge in [-0.3, -0.25) is 0 Å². The standard InChI is InChI=1S/C7H6ClO/c1-9-7-4-2-3-6(8)5-7/h2,4-5H,1H3. The van der Waals surface area contributed by atoms with E-state index in [4.69, 9.17) is 16.3 Å². The second-order valence-electron chi connectivity index (χ2n) is 1.58. The monoisotopic (exact) mass is 141 g/mol. The van der Waals surface area contributed by atoms with Crippen LogP contribution in [0.3, 0.4) is 0 Å². The summed E-state index contributed by atoms with van der Waals surface area (Å²) < 4.78 is 4.89. The molecule has 1 nitrogen and oxygen atoms in total. The van der Waals surface area contributed by atoms with Crippen LogP contribution in [0.5, 0.6) is 5.75 Å². The summed E-state index contributed by atoms with van der Waals surface area (Å²) in [7, 11) is 1.60. The smallest absolute Gasteiger partial charge is 0.120 e. The zero-order valence-corrected chi connectivity index (χ0v) is 5.77. The molecule has 0 atom stereocenters. The van der Waals surface area contributed by atoms with E-state index in [1.165, 1.54) is 0 Å². The van der Waals surface area contributed by atoms with Gasteiger partial charge < -0.3 is 4.74 Å². The molecule has 9 heavy (non-hydrogen) atoms. The van der Waals surface area contributed by atoms with Crippen molar-refractivity contribution in [2.24, 2.45) is 0 Å². The molecule has 0 fully saturated rings. The third-order valence-electron chi connectivity index (χ3n) is 0.974. The molecule has 0 saturated heterocycles. The van der Waals surface area contributed by atoms with Gasteiger partial charge in [0.05, 0.1) is 12.1 Å². The summed E-state index contributed by atoms with van der Waals surface area (Å²) in [5, 5.41) is 0.578. The van der Waals surface area contributed by atoms with Gasteiger partial charge in [0, 0.05) is 6.07 Å². The van der Waals surface area contributed by atoms with Gasteiger partial charge in [-0.1, -0.05) is 11.6 Å². The Morgan fingerprint density at radius 1 is 1.67 bits per heavy atom. The minimum Gasteiger partial charge on any atom is -0.497 e. The van der Waals surface area contributed by atoms with Crippen LogP contribution in [0.25, 0.3) is 0 Å². The number of ether oxygens (including phenoxy) is 1. The molecule has 0 aliphatic heterocycles. The third-order valence-corrected chi connectivity index (χ3v) is 1.19. The van der Waals surface area contributed by atoms with Gasteiger partial charge in [-0.15, -0.1) is 0 Å². The van der Waals surface area contributed by atoms with Crippen molar-refractivity contribution in [1.82, 2.24) is 0 Å². The molecule has 47 valence electrons. The van der Waals surface area contributed by atoms with Crippen molar-refractivity contribution < 1.29 is 4.74 Å². The Bertz CT molecular complexity index is 198. The second kappa shape index (κ2) is 2.74. The van der Waals surface area contributed by atoms with Crippen molar-refractivity contribution in [3.05, 3.63) is 29.3 Å². The molecule has 1 aromatic rings. The highest BCUT2D eigenvalue weighted by Crippen LogP contribution is 2.15. The lowest BCUT2D eigenvalue weighted by Gasteiger charge is -1.96. The molecule has 0 amide bonds. The quantitative estimate of drug-likeness (QED) is 0.582. The minimum atomic E-state index is 0.578. The largest absolute Gasteiger partial charge is 0.497 e. The van der Waals surface area contributed by atoms with Crippen LogP contribution in [-0.2, 0) is 0 Å². The molecule has 0 aliphatic rings. The minimum absolute atomic E-state index is 0.578. The molecule has 1 aromatic carbocycles. The molecule has 0 bridgehead atoms. The van der Waals surface area contributed by atoms with Crippen LogP contribution in [0.1, 0.15) is 0 Å². The maximum absolute atomic E-state index is 5.59. The fraction of sp³-hybridized carbons (Fsp3) is 0.143. The first-order valence-corrected chi connectivity index (χ1v) is 2.92. The molecule has 0 aromatic heterocycles. The number of hydrogen-bond acceptors (Lipinski definition) is 1. The van der Waals surface area contributed by atoms with Crippen LogP contribution in [0.2, 0.25) is 5.02 Å². The zero-order chi connectivity index (χ0) is 6.69. The first-order valence-electron chi connectivity index (χ1n) is 2.54. The van der Waals surface area contributed by atoms with Crippen molar-refractivity contribution >= 4 is 11.6 Å². The van der Waals surface area contributed by atoms with Gasteiger partial charge in [0.15, 0.2) is 0 Å². The number of hydrogen-bond donors (Lipinski definition) is 0. The summed E-state index contributed by atoms with van der Waals surface area (Å²) in [6.07, 6.45) is 0. The molecule has 2 heteroatoms. The van der Waals surface area contributed by atoms with Gasteiger partial charge in [-0.05, 0) is 18.2 Å².